The number of hydrogen-bond acceptors (Lipinski definition) is 3. The lowest BCUT2D eigenvalue weighted by atomic mass is 10.3. The van der Waals surface area contributed by atoms with Crippen LogP contribution < -0.4 is 5.73 Å². The van der Waals surface area contributed by atoms with Gasteiger partial charge in [0.15, 0.2) is 0 Å². The summed E-state index contributed by atoms with van der Waals surface area (Å²) in [6.07, 6.45) is 3.60. The van der Waals surface area contributed by atoms with Crippen LogP contribution in [0.25, 0.3) is 0 Å². The van der Waals surface area contributed by atoms with Crippen LogP contribution in [0.4, 0.5) is 5.69 Å². The van der Waals surface area contributed by atoms with Crippen molar-refractivity contribution in [3.8, 4) is 0 Å². The summed E-state index contributed by atoms with van der Waals surface area (Å²) in [5.41, 5.74) is 8.26. The molecule has 0 radical (unpaired) electrons. The molecule has 0 amide bonds. The molecule has 0 saturated carbocycles. The van der Waals surface area contributed by atoms with Crippen LogP contribution >= 0.6 is 0 Å². The molecule has 4 nitrogen and oxygen atoms in total. The van der Waals surface area contributed by atoms with Crippen molar-refractivity contribution in [3.63, 3.8) is 0 Å². The highest BCUT2D eigenvalue weighted by Crippen LogP contribution is 2.07. The van der Waals surface area contributed by atoms with Gasteiger partial charge in [-0.05, 0) is 19.1 Å². The topological polar surface area (TPSA) is 56.7 Å². The number of anilines is 1. The van der Waals surface area contributed by atoms with E-state index in [1.165, 1.54) is 0 Å². The molecule has 0 spiro atoms. The summed E-state index contributed by atoms with van der Waals surface area (Å²) >= 11 is 0. The Hall–Kier alpha value is -1.84. The van der Waals surface area contributed by atoms with Crippen LogP contribution in [-0.2, 0) is 6.54 Å². The van der Waals surface area contributed by atoms with Crippen molar-refractivity contribution in [2.75, 3.05) is 5.73 Å². The minimum Gasteiger partial charge on any atom is -0.396 e. The third kappa shape index (κ3) is 1.74. The standard InChI is InChI=1S/C10H12N4/c1-8-10(11)7-14(13-8)6-9-4-2-3-5-12-9/h2-5,7H,6,11H2,1H3. The molecule has 2 aromatic rings. The Morgan fingerprint density at radius 2 is 2.29 bits per heavy atom. The van der Waals surface area contributed by atoms with Gasteiger partial charge in [0.05, 0.1) is 23.6 Å². The number of aromatic nitrogens is 3. The number of nitrogens with zero attached hydrogens (tertiary/aromatic N) is 3. The summed E-state index contributed by atoms with van der Waals surface area (Å²) in [5, 5.41) is 4.26. The van der Waals surface area contributed by atoms with Crippen LogP contribution in [0.5, 0.6) is 0 Å². The maximum Gasteiger partial charge on any atom is 0.0832 e. The molecular formula is C10H12N4. The number of hydrogen-bond donors (Lipinski definition) is 1. The van der Waals surface area contributed by atoms with E-state index in [0.29, 0.717) is 6.54 Å². The maximum absolute atomic E-state index is 5.69. The van der Waals surface area contributed by atoms with E-state index in [4.69, 9.17) is 5.73 Å². The van der Waals surface area contributed by atoms with Crippen molar-refractivity contribution in [2.24, 2.45) is 0 Å². The second kappa shape index (κ2) is 3.49. The van der Waals surface area contributed by atoms with Crippen molar-refractivity contribution in [3.05, 3.63) is 42.0 Å². The SMILES string of the molecule is Cc1nn(Cc2ccccn2)cc1N. The highest BCUT2D eigenvalue weighted by atomic mass is 15.3. The van der Waals surface area contributed by atoms with Gasteiger partial charge in [-0.3, -0.25) is 9.67 Å². The molecule has 0 unspecified atom stereocenters. The molecule has 2 rings (SSSR count). The van der Waals surface area contributed by atoms with E-state index >= 15 is 0 Å². The Morgan fingerprint density at radius 1 is 1.43 bits per heavy atom. The van der Waals surface area contributed by atoms with Crippen molar-refractivity contribution in [1.29, 1.82) is 0 Å². The zero-order valence-corrected chi connectivity index (χ0v) is 8.01. The van der Waals surface area contributed by atoms with Gasteiger partial charge in [0.1, 0.15) is 0 Å². The van der Waals surface area contributed by atoms with Gasteiger partial charge in [-0.2, -0.15) is 5.10 Å². The van der Waals surface area contributed by atoms with Crippen molar-refractivity contribution >= 4 is 5.69 Å². The molecule has 0 atom stereocenters. The molecule has 2 heterocycles. The van der Waals surface area contributed by atoms with Gasteiger partial charge in [-0.25, -0.2) is 0 Å². The summed E-state index contributed by atoms with van der Waals surface area (Å²) in [6, 6.07) is 5.82. The smallest absolute Gasteiger partial charge is 0.0832 e. The normalized spacial score (nSPS) is 10.4. The van der Waals surface area contributed by atoms with E-state index in [0.717, 1.165) is 17.1 Å². The van der Waals surface area contributed by atoms with Crippen LogP contribution in [0.3, 0.4) is 0 Å². The Morgan fingerprint density at radius 3 is 2.86 bits per heavy atom. The Balaban J connectivity index is 2.19. The van der Waals surface area contributed by atoms with Gasteiger partial charge >= 0.3 is 0 Å². The third-order valence-electron chi connectivity index (χ3n) is 2.03. The summed E-state index contributed by atoms with van der Waals surface area (Å²) in [7, 11) is 0. The monoisotopic (exact) mass is 188 g/mol. The minimum atomic E-state index is 0.666. The van der Waals surface area contributed by atoms with Gasteiger partial charge in [0.2, 0.25) is 0 Å². The highest BCUT2D eigenvalue weighted by Gasteiger charge is 2.01. The molecule has 0 saturated heterocycles. The Kier molecular flexibility index (Phi) is 2.18. The largest absolute Gasteiger partial charge is 0.396 e. The predicted octanol–water partition coefficient (Wildman–Crippen LogP) is 1.22. The summed E-state index contributed by atoms with van der Waals surface area (Å²) in [5.74, 6) is 0. The summed E-state index contributed by atoms with van der Waals surface area (Å²) < 4.78 is 1.80. The molecule has 0 aliphatic rings. The third-order valence-corrected chi connectivity index (χ3v) is 2.03. The first kappa shape index (κ1) is 8.74. The van der Waals surface area contributed by atoms with Crippen LogP contribution in [0, 0.1) is 6.92 Å². The number of nitrogens with two attached hydrogens (primary N) is 1. The molecule has 0 bridgehead atoms. The second-order valence-corrected chi connectivity index (χ2v) is 3.19. The van der Waals surface area contributed by atoms with Gasteiger partial charge in [0.25, 0.3) is 0 Å². The van der Waals surface area contributed by atoms with E-state index in [9.17, 15) is 0 Å². The van der Waals surface area contributed by atoms with Gasteiger partial charge in [0, 0.05) is 12.4 Å². The van der Waals surface area contributed by atoms with Gasteiger partial charge < -0.3 is 5.73 Å². The fraction of sp³-hybridized carbons (Fsp3) is 0.200. The van der Waals surface area contributed by atoms with Crippen molar-refractivity contribution < 1.29 is 0 Å². The number of aryl methyl sites for hydroxylation is 1. The number of pyridine rings is 1. The van der Waals surface area contributed by atoms with E-state index in [1.54, 1.807) is 10.9 Å². The number of nitrogen functional groups attached to an aromatic ring is 1. The molecule has 0 aromatic carbocycles. The first-order valence-corrected chi connectivity index (χ1v) is 4.45. The first-order valence-electron chi connectivity index (χ1n) is 4.45. The fourth-order valence-corrected chi connectivity index (χ4v) is 1.27. The Bertz CT molecular complexity index is 399. The molecule has 2 N–H and O–H groups in total. The molecule has 72 valence electrons. The summed E-state index contributed by atoms with van der Waals surface area (Å²) in [6.45, 7) is 2.56. The summed E-state index contributed by atoms with van der Waals surface area (Å²) in [4.78, 5) is 4.21. The molecule has 4 heteroatoms. The predicted molar refractivity (Wildman–Crippen MR) is 54.7 cm³/mol. The lowest BCUT2D eigenvalue weighted by molar-refractivity contribution is 0.666. The van der Waals surface area contributed by atoms with Crippen LogP contribution in [0.15, 0.2) is 30.6 Å². The lowest BCUT2D eigenvalue weighted by Crippen LogP contribution is -2.01. The zero-order valence-electron chi connectivity index (χ0n) is 8.01. The fourth-order valence-electron chi connectivity index (χ4n) is 1.27. The van der Waals surface area contributed by atoms with Gasteiger partial charge in [-0.15, -0.1) is 0 Å². The minimum absolute atomic E-state index is 0.666. The van der Waals surface area contributed by atoms with E-state index in [-0.39, 0.29) is 0 Å². The van der Waals surface area contributed by atoms with Crippen LogP contribution in [-0.4, -0.2) is 14.8 Å². The molecule has 0 aliphatic carbocycles. The molecule has 0 fully saturated rings. The van der Waals surface area contributed by atoms with Crippen molar-refractivity contribution in [2.45, 2.75) is 13.5 Å². The van der Waals surface area contributed by atoms with E-state index in [2.05, 4.69) is 10.1 Å². The first-order chi connectivity index (χ1) is 6.75. The van der Waals surface area contributed by atoms with Crippen LogP contribution in [0.1, 0.15) is 11.4 Å². The second-order valence-electron chi connectivity index (χ2n) is 3.19. The molecule has 2 aromatic heterocycles. The zero-order chi connectivity index (χ0) is 9.97. The average Bonchev–Trinajstić information content (AvgIpc) is 2.47. The molecule has 0 aliphatic heterocycles. The van der Waals surface area contributed by atoms with E-state index in [1.807, 2.05) is 31.3 Å². The lowest BCUT2D eigenvalue weighted by Gasteiger charge is -1.99. The van der Waals surface area contributed by atoms with Crippen LogP contribution in [0.2, 0.25) is 0 Å². The molecule has 14 heavy (non-hydrogen) atoms. The van der Waals surface area contributed by atoms with Gasteiger partial charge in [-0.1, -0.05) is 6.07 Å². The average molecular weight is 188 g/mol. The maximum atomic E-state index is 5.69. The Labute approximate surface area is 82.4 Å². The van der Waals surface area contributed by atoms with E-state index < -0.39 is 0 Å². The molecular weight excluding hydrogens is 176 g/mol. The highest BCUT2D eigenvalue weighted by molar-refractivity contribution is 5.39. The quantitative estimate of drug-likeness (QED) is 0.770. The number of rotatable bonds is 2. The van der Waals surface area contributed by atoms with Crippen molar-refractivity contribution in [1.82, 2.24) is 14.8 Å².